The van der Waals surface area contributed by atoms with Gasteiger partial charge in [-0.15, -0.1) is 0 Å². The SMILES string of the molecule is CCn1c(C2CCCC2)nc(C2CCC2)c1N. The Hall–Kier alpha value is -0.990. The van der Waals surface area contributed by atoms with Gasteiger partial charge >= 0.3 is 0 Å². The maximum atomic E-state index is 6.29. The summed E-state index contributed by atoms with van der Waals surface area (Å²) >= 11 is 0. The molecule has 2 aliphatic rings. The number of hydrogen-bond acceptors (Lipinski definition) is 2. The molecule has 17 heavy (non-hydrogen) atoms. The van der Waals surface area contributed by atoms with E-state index in [4.69, 9.17) is 10.7 Å². The molecule has 1 heterocycles. The van der Waals surface area contributed by atoms with Crippen molar-refractivity contribution in [2.24, 2.45) is 0 Å². The molecule has 0 amide bonds. The van der Waals surface area contributed by atoms with Gasteiger partial charge in [0.05, 0.1) is 5.69 Å². The molecule has 0 bridgehead atoms. The minimum absolute atomic E-state index is 0.656. The van der Waals surface area contributed by atoms with Gasteiger partial charge in [0.25, 0.3) is 0 Å². The number of anilines is 1. The van der Waals surface area contributed by atoms with Crippen molar-refractivity contribution in [2.45, 2.75) is 70.3 Å². The number of aromatic nitrogens is 2. The molecule has 2 aliphatic carbocycles. The molecular weight excluding hydrogens is 210 g/mol. The summed E-state index contributed by atoms with van der Waals surface area (Å²) in [7, 11) is 0. The van der Waals surface area contributed by atoms with Crippen LogP contribution in [0.4, 0.5) is 5.82 Å². The van der Waals surface area contributed by atoms with Gasteiger partial charge in [0.2, 0.25) is 0 Å². The van der Waals surface area contributed by atoms with E-state index in [9.17, 15) is 0 Å². The molecule has 2 fully saturated rings. The summed E-state index contributed by atoms with van der Waals surface area (Å²) in [5.74, 6) is 3.57. The van der Waals surface area contributed by atoms with Crippen molar-refractivity contribution in [3.63, 3.8) is 0 Å². The van der Waals surface area contributed by atoms with E-state index in [1.54, 1.807) is 0 Å². The molecule has 0 saturated heterocycles. The van der Waals surface area contributed by atoms with Crippen LogP contribution in [0.1, 0.15) is 75.2 Å². The summed E-state index contributed by atoms with van der Waals surface area (Å²) in [6.45, 7) is 3.15. The topological polar surface area (TPSA) is 43.8 Å². The van der Waals surface area contributed by atoms with Crippen molar-refractivity contribution in [1.82, 2.24) is 9.55 Å². The van der Waals surface area contributed by atoms with Crippen LogP contribution in [0, 0.1) is 0 Å². The summed E-state index contributed by atoms with van der Waals surface area (Å²) in [4.78, 5) is 4.92. The molecule has 94 valence electrons. The highest BCUT2D eigenvalue weighted by Gasteiger charge is 2.30. The van der Waals surface area contributed by atoms with Crippen molar-refractivity contribution in [1.29, 1.82) is 0 Å². The molecule has 0 atom stereocenters. The van der Waals surface area contributed by atoms with E-state index in [1.165, 1.54) is 56.5 Å². The minimum atomic E-state index is 0.656. The Morgan fingerprint density at radius 1 is 1.12 bits per heavy atom. The fourth-order valence-electron chi connectivity index (χ4n) is 3.31. The average molecular weight is 233 g/mol. The normalized spacial score (nSPS) is 21.9. The van der Waals surface area contributed by atoms with Crippen molar-refractivity contribution < 1.29 is 0 Å². The largest absolute Gasteiger partial charge is 0.384 e. The third-order valence-corrected chi connectivity index (χ3v) is 4.59. The molecule has 0 unspecified atom stereocenters. The van der Waals surface area contributed by atoms with Gasteiger partial charge in [0, 0.05) is 18.4 Å². The van der Waals surface area contributed by atoms with Gasteiger partial charge in [-0.3, -0.25) is 0 Å². The molecule has 3 heteroatoms. The zero-order valence-electron chi connectivity index (χ0n) is 10.8. The van der Waals surface area contributed by atoms with Crippen molar-refractivity contribution >= 4 is 5.82 Å². The highest BCUT2D eigenvalue weighted by Crippen LogP contribution is 2.41. The van der Waals surface area contributed by atoms with Crippen LogP contribution in [-0.2, 0) is 6.54 Å². The summed E-state index contributed by atoms with van der Waals surface area (Å²) in [6, 6.07) is 0. The first-order valence-electron chi connectivity index (χ1n) is 7.17. The lowest BCUT2D eigenvalue weighted by atomic mass is 9.83. The Balaban J connectivity index is 1.95. The van der Waals surface area contributed by atoms with Crippen LogP contribution in [0.5, 0.6) is 0 Å². The number of nitrogen functional groups attached to an aromatic ring is 1. The number of hydrogen-bond donors (Lipinski definition) is 1. The molecule has 1 aromatic rings. The number of imidazole rings is 1. The van der Waals surface area contributed by atoms with Gasteiger partial charge < -0.3 is 10.3 Å². The van der Waals surface area contributed by atoms with Crippen LogP contribution in [0.2, 0.25) is 0 Å². The Morgan fingerprint density at radius 3 is 2.29 bits per heavy atom. The van der Waals surface area contributed by atoms with Gasteiger partial charge in [0.1, 0.15) is 11.6 Å². The van der Waals surface area contributed by atoms with Gasteiger partial charge in [-0.05, 0) is 32.6 Å². The predicted molar refractivity (Wildman–Crippen MR) is 70.1 cm³/mol. The second-order valence-electron chi connectivity index (χ2n) is 5.59. The van der Waals surface area contributed by atoms with Crippen molar-refractivity contribution in [3.8, 4) is 0 Å². The first-order chi connectivity index (χ1) is 8.31. The number of rotatable bonds is 3. The summed E-state index contributed by atoms with van der Waals surface area (Å²) in [6.07, 6.45) is 9.26. The first-order valence-corrected chi connectivity index (χ1v) is 7.17. The molecule has 2 saturated carbocycles. The monoisotopic (exact) mass is 233 g/mol. The third-order valence-electron chi connectivity index (χ3n) is 4.59. The Bertz CT molecular complexity index is 398. The summed E-state index contributed by atoms with van der Waals surface area (Å²) < 4.78 is 2.27. The quantitative estimate of drug-likeness (QED) is 0.869. The molecule has 3 nitrogen and oxygen atoms in total. The predicted octanol–water partition coefficient (Wildman–Crippen LogP) is 3.41. The van der Waals surface area contributed by atoms with Crippen LogP contribution in [0.25, 0.3) is 0 Å². The highest BCUT2D eigenvalue weighted by molar-refractivity contribution is 5.42. The van der Waals surface area contributed by atoms with E-state index in [2.05, 4.69) is 11.5 Å². The lowest BCUT2D eigenvalue weighted by molar-refractivity contribution is 0.412. The summed E-state index contributed by atoms with van der Waals surface area (Å²) in [5.41, 5.74) is 7.50. The van der Waals surface area contributed by atoms with Crippen molar-refractivity contribution in [2.75, 3.05) is 5.73 Å². The second kappa shape index (κ2) is 4.35. The zero-order chi connectivity index (χ0) is 11.8. The molecule has 0 radical (unpaired) electrons. The van der Waals surface area contributed by atoms with Gasteiger partial charge in [-0.25, -0.2) is 4.98 Å². The smallest absolute Gasteiger partial charge is 0.127 e. The van der Waals surface area contributed by atoms with Gasteiger partial charge in [0.15, 0.2) is 0 Å². The lowest BCUT2D eigenvalue weighted by Crippen LogP contribution is -2.12. The third kappa shape index (κ3) is 1.76. The molecule has 3 rings (SSSR count). The Labute approximate surface area is 103 Å². The zero-order valence-corrected chi connectivity index (χ0v) is 10.8. The van der Waals surface area contributed by atoms with Crippen LogP contribution in [0.3, 0.4) is 0 Å². The second-order valence-corrected chi connectivity index (χ2v) is 5.59. The van der Waals surface area contributed by atoms with Gasteiger partial charge in [-0.2, -0.15) is 0 Å². The first kappa shape index (κ1) is 11.1. The van der Waals surface area contributed by atoms with Crippen LogP contribution < -0.4 is 5.73 Å². The maximum absolute atomic E-state index is 6.29. The molecule has 1 aromatic heterocycles. The van der Waals surface area contributed by atoms with E-state index < -0.39 is 0 Å². The van der Waals surface area contributed by atoms with Crippen LogP contribution >= 0.6 is 0 Å². The van der Waals surface area contributed by atoms with E-state index in [-0.39, 0.29) is 0 Å². The Morgan fingerprint density at radius 2 is 1.76 bits per heavy atom. The fourth-order valence-corrected chi connectivity index (χ4v) is 3.31. The lowest BCUT2D eigenvalue weighted by Gasteiger charge is -2.23. The van der Waals surface area contributed by atoms with Crippen LogP contribution in [0.15, 0.2) is 0 Å². The molecule has 0 spiro atoms. The highest BCUT2D eigenvalue weighted by atomic mass is 15.1. The Kier molecular flexibility index (Phi) is 2.85. The fraction of sp³-hybridized carbons (Fsp3) is 0.786. The van der Waals surface area contributed by atoms with E-state index in [0.717, 1.165) is 12.4 Å². The number of nitrogens with two attached hydrogens (primary N) is 1. The number of nitrogens with zero attached hydrogens (tertiary/aromatic N) is 2. The van der Waals surface area contributed by atoms with E-state index in [0.29, 0.717) is 11.8 Å². The van der Waals surface area contributed by atoms with Crippen molar-refractivity contribution in [3.05, 3.63) is 11.5 Å². The average Bonchev–Trinajstić information content (AvgIpc) is 2.85. The van der Waals surface area contributed by atoms with E-state index in [1.807, 2.05) is 0 Å². The standard InChI is InChI=1S/C14H23N3/c1-2-17-13(15)12(10-8-5-9-10)16-14(17)11-6-3-4-7-11/h10-11H,2-9,15H2,1H3. The molecule has 2 N–H and O–H groups in total. The summed E-state index contributed by atoms with van der Waals surface area (Å²) in [5, 5.41) is 0. The molecule has 0 aromatic carbocycles. The minimum Gasteiger partial charge on any atom is -0.384 e. The van der Waals surface area contributed by atoms with Crippen LogP contribution in [-0.4, -0.2) is 9.55 Å². The maximum Gasteiger partial charge on any atom is 0.127 e. The molecular formula is C14H23N3. The molecule has 0 aliphatic heterocycles. The van der Waals surface area contributed by atoms with Gasteiger partial charge in [-0.1, -0.05) is 19.3 Å². The van der Waals surface area contributed by atoms with E-state index >= 15 is 0 Å².